The maximum Gasteiger partial charge on any atom is 0.326 e. The molecule has 11 nitrogen and oxygen atoms in total. The fourth-order valence-corrected chi connectivity index (χ4v) is 2.87. The Balaban J connectivity index is 2.06. The second kappa shape index (κ2) is 8.43. The molecule has 1 aromatic rings. The van der Waals surface area contributed by atoms with Gasteiger partial charge in [0.25, 0.3) is 0 Å². The van der Waals surface area contributed by atoms with E-state index in [2.05, 4.69) is 15.3 Å². The van der Waals surface area contributed by atoms with Crippen LogP contribution in [-0.2, 0) is 25.6 Å². The molecule has 1 saturated heterocycles. The van der Waals surface area contributed by atoms with Gasteiger partial charge in [-0.15, -0.1) is 0 Å². The number of carbonyl (C=O) groups is 4. The summed E-state index contributed by atoms with van der Waals surface area (Å²) in [4.78, 5) is 54.8. The van der Waals surface area contributed by atoms with Crippen molar-refractivity contribution in [3.63, 3.8) is 0 Å². The van der Waals surface area contributed by atoms with Crippen molar-refractivity contribution >= 4 is 23.8 Å². The number of carbonyl (C=O) groups excluding carboxylic acids is 2. The second-order valence-corrected chi connectivity index (χ2v) is 6.07. The Bertz CT molecular complexity index is 676. The lowest BCUT2D eigenvalue weighted by molar-refractivity contribution is -0.150. The minimum absolute atomic E-state index is 0.126. The Morgan fingerprint density at radius 2 is 2.12 bits per heavy atom. The van der Waals surface area contributed by atoms with Crippen molar-refractivity contribution in [1.82, 2.24) is 20.2 Å². The zero-order valence-corrected chi connectivity index (χ0v) is 13.9. The van der Waals surface area contributed by atoms with Gasteiger partial charge in [0.2, 0.25) is 11.8 Å². The molecule has 0 aromatic carbocycles. The van der Waals surface area contributed by atoms with E-state index in [0.717, 1.165) is 4.90 Å². The van der Waals surface area contributed by atoms with Crippen LogP contribution in [0.1, 0.15) is 25.0 Å². The van der Waals surface area contributed by atoms with E-state index in [0.29, 0.717) is 12.1 Å². The van der Waals surface area contributed by atoms with Crippen LogP contribution in [0.25, 0.3) is 0 Å². The highest BCUT2D eigenvalue weighted by Gasteiger charge is 2.38. The fraction of sp³-hybridized carbons (Fsp3) is 0.533. The number of amides is 2. The van der Waals surface area contributed by atoms with Crippen molar-refractivity contribution in [2.24, 2.45) is 5.73 Å². The van der Waals surface area contributed by atoms with Crippen LogP contribution >= 0.6 is 0 Å². The van der Waals surface area contributed by atoms with Gasteiger partial charge in [0, 0.05) is 24.9 Å². The van der Waals surface area contributed by atoms with Crippen molar-refractivity contribution in [3.8, 4) is 0 Å². The third kappa shape index (κ3) is 4.79. The first-order chi connectivity index (χ1) is 12.3. The highest BCUT2D eigenvalue weighted by Crippen LogP contribution is 2.19. The van der Waals surface area contributed by atoms with Gasteiger partial charge in [0.1, 0.15) is 12.1 Å². The zero-order valence-electron chi connectivity index (χ0n) is 13.9. The summed E-state index contributed by atoms with van der Waals surface area (Å²) < 4.78 is 0. The molecule has 1 fully saturated rings. The van der Waals surface area contributed by atoms with Crippen LogP contribution < -0.4 is 11.1 Å². The first-order valence-electron chi connectivity index (χ1n) is 8.08. The van der Waals surface area contributed by atoms with Crippen LogP contribution in [-0.4, -0.2) is 73.5 Å². The molecule has 3 unspecified atom stereocenters. The summed E-state index contributed by atoms with van der Waals surface area (Å²) in [7, 11) is 0. The number of nitrogens with one attached hydrogen (secondary N) is 2. The third-order valence-electron chi connectivity index (χ3n) is 4.15. The SMILES string of the molecule is NC(Cc1cnc[nH]1)C(=O)NC(CC(=O)O)C(=O)N1CCCC1C(=O)O. The summed E-state index contributed by atoms with van der Waals surface area (Å²) in [6.07, 6.45) is 3.17. The number of H-pyrrole nitrogens is 1. The Morgan fingerprint density at radius 3 is 2.69 bits per heavy atom. The van der Waals surface area contributed by atoms with E-state index in [1.807, 2.05) is 0 Å². The Morgan fingerprint density at radius 1 is 1.38 bits per heavy atom. The lowest BCUT2D eigenvalue weighted by Crippen LogP contribution is -2.55. The largest absolute Gasteiger partial charge is 0.481 e. The van der Waals surface area contributed by atoms with E-state index in [4.69, 9.17) is 10.8 Å². The van der Waals surface area contributed by atoms with Gasteiger partial charge in [-0.25, -0.2) is 9.78 Å². The summed E-state index contributed by atoms with van der Waals surface area (Å²) in [6, 6.07) is -3.42. The highest BCUT2D eigenvalue weighted by molar-refractivity contribution is 5.94. The van der Waals surface area contributed by atoms with Crippen molar-refractivity contribution in [2.75, 3.05) is 6.54 Å². The van der Waals surface area contributed by atoms with Crippen LogP contribution in [0.2, 0.25) is 0 Å². The molecule has 1 aliphatic heterocycles. The van der Waals surface area contributed by atoms with Gasteiger partial charge >= 0.3 is 11.9 Å². The molecule has 3 atom stereocenters. The predicted molar refractivity (Wildman–Crippen MR) is 86.8 cm³/mol. The molecule has 6 N–H and O–H groups in total. The third-order valence-corrected chi connectivity index (χ3v) is 4.15. The molecule has 2 heterocycles. The number of carboxylic acid groups (broad SMARTS) is 2. The number of hydrogen-bond donors (Lipinski definition) is 5. The van der Waals surface area contributed by atoms with Crippen LogP contribution in [0.4, 0.5) is 0 Å². The maximum atomic E-state index is 12.6. The molecule has 0 spiro atoms. The van der Waals surface area contributed by atoms with E-state index in [1.54, 1.807) is 0 Å². The van der Waals surface area contributed by atoms with Crippen LogP contribution in [0.15, 0.2) is 12.5 Å². The first kappa shape index (κ1) is 19.4. The maximum absolute atomic E-state index is 12.6. The van der Waals surface area contributed by atoms with Gasteiger partial charge in [-0.2, -0.15) is 0 Å². The molecule has 2 amide bonds. The monoisotopic (exact) mass is 367 g/mol. The Kier molecular flexibility index (Phi) is 6.28. The standard InChI is InChI=1S/C15H21N5O6/c16-9(4-8-6-17-7-18-8)13(23)19-10(5-12(21)22)14(24)20-3-1-2-11(20)15(25)26/h6-7,9-11H,1-5,16H2,(H,17,18)(H,19,23)(H,21,22)(H,25,26). The summed E-state index contributed by atoms with van der Waals surface area (Å²) >= 11 is 0. The van der Waals surface area contributed by atoms with E-state index < -0.39 is 48.3 Å². The number of nitrogens with two attached hydrogens (primary N) is 1. The van der Waals surface area contributed by atoms with Crippen LogP contribution in [0.3, 0.4) is 0 Å². The quantitative estimate of drug-likeness (QED) is 0.361. The van der Waals surface area contributed by atoms with Crippen molar-refractivity contribution < 1.29 is 29.4 Å². The number of aromatic nitrogens is 2. The van der Waals surface area contributed by atoms with Gasteiger partial charge in [-0.05, 0) is 12.8 Å². The summed E-state index contributed by atoms with van der Waals surface area (Å²) in [5.74, 6) is -3.89. The predicted octanol–water partition coefficient (Wildman–Crippen LogP) is -1.69. The summed E-state index contributed by atoms with van der Waals surface area (Å²) in [5.41, 5.74) is 6.40. The lowest BCUT2D eigenvalue weighted by Gasteiger charge is -2.27. The number of imidazole rings is 1. The summed E-state index contributed by atoms with van der Waals surface area (Å²) in [5, 5.41) is 20.5. The molecule has 0 aliphatic carbocycles. The molecule has 142 valence electrons. The van der Waals surface area contributed by atoms with Crippen LogP contribution in [0, 0.1) is 0 Å². The molecule has 0 saturated carbocycles. The summed E-state index contributed by atoms with van der Waals surface area (Å²) in [6.45, 7) is 0.196. The average molecular weight is 367 g/mol. The molecular weight excluding hydrogens is 346 g/mol. The van der Waals surface area contributed by atoms with Gasteiger partial charge in [-0.3, -0.25) is 14.4 Å². The minimum Gasteiger partial charge on any atom is -0.481 e. The van der Waals surface area contributed by atoms with Gasteiger partial charge in [0.05, 0.1) is 18.8 Å². The van der Waals surface area contributed by atoms with Gasteiger partial charge in [0.15, 0.2) is 0 Å². The number of carboxylic acids is 2. The number of likely N-dealkylation sites (tertiary alicyclic amines) is 1. The van der Waals surface area contributed by atoms with Gasteiger partial charge in [-0.1, -0.05) is 0 Å². The fourth-order valence-electron chi connectivity index (χ4n) is 2.87. The highest BCUT2D eigenvalue weighted by atomic mass is 16.4. The topological polar surface area (TPSA) is 179 Å². The van der Waals surface area contributed by atoms with E-state index in [-0.39, 0.29) is 19.4 Å². The molecule has 1 aromatic heterocycles. The molecule has 11 heteroatoms. The molecule has 1 aliphatic rings. The normalized spacial score (nSPS) is 19.0. The molecular formula is C15H21N5O6. The number of aliphatic carboxylic acids is 2. The number of aromatic amines is 1. The minimum atomic E-state index is -1.38. The van der Waals surface area contributed by atoms with Crippen molar-refractivity contribution in [2.45, 2.75) is 43.8 Å². The molecule has 0 bridgehead atoms. The number of rotatable bonds is 8. The Labute approximate surface area is 148 Å². The zero-order chi connectivity index (χ0) is 19.3. The van der Waals surface area contributed by atoms with Crippen molar-refractivity contribution in [1.29, 1.82) is 0 Å². The Hall–Kier alpha value is -2.95. The smallest absolute Gasteiger partial charge is 0.326 e. The lowest BCUT2D eigenvalue weighted by atomic mass is 10.1. The van der Waals surface area contributed by atoms with E-state index >= 15 is 0 Å². The van der Waals surface area contributed by atoms with Crippen molar-refractivity contribution in [3.05, 3.63) is 18.2 Å². The molecule has 0 radical (unpaired) electrons. The number of hydrogen-bond acceptors (Lipinski definition) is 6. The van der Waals surface area contributed by atoms with Crippen LogP contribution in [0.5, 0.6) is 0 Å². The van der Waals surface area contributed by atoms with E-state index in [1.165, 1.54) is 12.5 Å². The molecule has 26 heavy (non-hydrogen) atoms. The second-order valence-electron chi connectivity index (χ2n) is 6.07. The average Bonchev–Trinajstić information content (AvgIpc) is 3.24. The van der Waals surface area contributed by atoms with Gasteiger partial charge < -0.3 is 31.1 Å². The molecule has 2 rings (SSSR count). The first-order valence-corrected chi connectivity index (χ1v) is 8.08. The van der Waals surface area contributed by atoms with E-state index in [9.17, 15) is 24.3 Å². The number of nitrogens with zero attached hydrogens (tertiary/aromatic N) is 2.